The average Bonchev–Trinajstić information content (AvgIpc) is 2.89. The van der Waals surface area contributed by atoms with Crippen LogP contribution < -0.4 is 5.32 Å². The van der Waals surface area contributed by atoms with Gasteiger partial charge in [-0.1, -0.05) is 26.0 Å². The van der Waals surface area contributed by atoms with Crippen LogP contribution in [0.4, 0.5) is 0 Å². The molecule has 0 aliphatic heterocycles. The molecule has 1 atom stereocenters. The number of para-hydroxylation sites is 1. The average molecular weight is 291 g/mol. The SMILES string of the molecule is CCN(CC)CCC(Cc1nc2ccccc2s1)NC. The molecule has 0 saturated carbocycles. The van der Waals surface area contributed by atoms with E-state index in [0.29, 0.717) is 6.04 Å². The van der Waals surface area contributed by atoms with Gasteiger partial charge in [0.2, 0.25) is 0 Å². The molecule has 0 fully saturated rings. The molecule has 2 aromatic rings. The minimum Gasteiger partial charge on any atom is -0.317 e. The Morgan fingerprint density at radius 1 is 1.25 bits per heavy atom. The Bertz CT molecular complexity index is 486. The van der Waals surface area contributed by atoms with E-state index in [1.54, 1.807) is 0 Å². The molecule has 1 heterocycles. The van der Waals surface area contributed by atoms with Crippen molar-refractivity contribution >= 4 is 21.6 Å². The minimum atomic E-state index is 0.510. The Balaban J connectivity index is 1.95. The molecule has 0 spiro atoms. The fourth-order valence-electron chi connectivity index (χ4n) is 2.44. The summed E-state index contributed by atoms with van der Waals surface area (Å²) in [6.07, 6.45) is 2.20. The number of hydrogen-bond donors (Lipinski definition) is 1. The van der Waals surface area contributed by atoms with Crippen molar-refractivity contribution in [2.45, 2.75) is 32.7 Å². The zero-order valence-electron chi connectivity index (χ0n) is 12.7. The normalized spacial score (nSPS) is 13.2. The Morgan fingerprint density at radius 2 is 2.00 bits per heavy atom. The highest BCUT2D eigenvalue weighted by Gasteiger charge is 2.12. The maximum absolute atomic E-state index is 4.73. The fraction of sp³-hybridized carbons (Fsp3) is 0.562. The van der Waals surface area contributed by atoms with E-state index in [-0.39, 0.29) is 0 Å². The van der Waals surface area contributed by atoms with E-state index in [1.807, 2.05) is 11.3 Å². The number of aromatic nitrogens is 1. The molecular formula is C16H25N3S. The van der Waals surface area contributed by atoms with Crippen molar-refractivity contribution in [3.63, 3.8) is 0 Å². The van der Waals surface area contributed by atoms with Crippen molar-refractivity contribution in [2.24, 2.45) is 0 Å². The van der Waals surface area contributed by atoms with E-state index < -0.39 is 0 Å². The van der Waals surface area contributed by atoms with Crippen LogP contribution in [0.1, 0.15) is 25.3 Å². The monoisotopic (exact) mass is 291 g/mol. The first kappa shape index (κ1) is 15.4. The molecule has 1 aromatic heterocycles. The number of benzene rings is 1. The summed E-state index contributed by atoms with van der Waals surface area (Å²) in [6, 6.07) is 8.90. The second-order valence-electron chi connectivity index (χ2n) is 5.08. The van der Waals surface area contributed by atoms with Gasteiger partial charge in [-0.15, -0.1) is 11.3 Å². The lowest BCUT2D eigenvalue weighted by molar-refractivity contribution is 0.283. The number of likely N-dealkylation sites (N-methyl/N-ethyl adjacent to an activating group) is 1. The standard InChI is InChI=1S/C16H25N3S/c1-4-19(5-2)11-10-13(17-3)12-16-18-14-8-6-7-9-15(14)20-16/h6-9,13,17H,4-5,10-12H2,1-3H3. The van der Waals surface area contributed by atoms with Crippen molar-refractivity contribution < 1.29 is 0 Å². The maximum Gasteiger partial charge on any atom is 0.0954 e. The molecule has 0 saturated heterocycles. The second kappa shape index (κ2) is 7.72. The van der Waals surface area contributed by atoms with E-state index in [1.165, 1.54) is 16.1 Å². The molecule has 0 aliphatic rings. The van der Waals surface area contributed by atoms with Crippen LogP contribution in [0.2, 0.25) is 0 Å². The molecule has 1 aromatic carbocycles. The van der Waals surface area contributed by atoms with Gasteiger partial charge in [0.15, 0.2) is 0 Å². The lowest BCUT2D eigenvalue weighted by Gasteiger charge is -2.21. The van der Waals surface area contributed by atoms with Crippen LogP contribution in [0, 0.1) is 0 Å². The first-order valence-electron chi connectivity index (χ1n) is 7.50. The van der Waals surface area contributed by atoms with Crippen LogP contribution in [0.15, 0.2) is 24.3 Å². The summed E-state index contributed by atoms with van der Waals surface area (Å²) in [4.78, 5) is 7.21. The van der Waals surface area contributed by atoms with Gasteiger partial charge >= 0.3 is 0 Å². The predicted octanol–water partition coefficient (Wildman–Crippen LogP) is 3.16. The van der Waals surface area contributed by atoms with Gasteiger partial charge in [-0.2, -0.15) is 0 Å². The molecule has 110 valence electrons. The number of nitrogens with one attached hydrogen (secondary N) is 1. The molecule has 0 amide bonds. The van der Waals surface area contributed by atoms with Gasteiger partial charge in [-0.05, 0) is 45.2 Å². The van der Waals surface area contributed by atoms with Crippen LogP contribution in [-0.2, 0) is 6.42 Å². The Hall–Kier alpha value is -0.970. The molecular weight excluding hydrogens is 266 g/mol. The summed E-state index contributed by atoms with van der Waals surface area (Å²) in [5.41, 5.74) is 1.13. The first-order valence-corrected chi connectivity index (χ1v) is 8.32. The first-order chi connectivity index (χ1) is 9.76. The van der Waals surface area contributed by atoms with Gasteiger partial charge in [-0.3, -0.25) is 0 Å². The van der Waals surface area contributed by atoms with Gasteiger partial charge in [0.05, 0.1) is 15.2 Å². The summed E-state index contributed by atoms with van der Waals surface area (Å²) < 4.78 is 1.29. The summed E-state index contributed by atoms with van der Waals surface area (Å²) in [5.74, 6) is 0. The molecule has 2 rings (SSSR count). The van der Waals surface area contributed by atoms with E-state index in [0.717, 1.165) is 31.6 Å². The van der Waals surface area contributed by atoms with Gasteiger partial charge in [-0.25, -0.2) is 4.98 Å². The Morgan fingerprint density at radius 3 is 2.65 bits per heavy atom. The molecule has 3 nitrogen and oxygen atoms in total. The number of rotatable bonds is 8. The van der Waals surface area contributed by atoms with Crippen molar-refractivity contribution in [1.82, 2.24) is 15.2 Å². The summed E-state index contributed by atoms with van der Waals surface area (Å²) >= 11 is 1.82. The quantitative estimate of drug-likeness (QED) is 0.810. The highest BCUT2D eigenvalue weighted by Crippen LogP contribution is 2.22. The lowest BCUT2D eigenvalue weighted by Crippen LogP contribution is -2.33. The van der Waals surface area contributed by atoms with Crippen LogP contribution >= 0.6 is 11.3 Å². The third-order valence-corrected chi connectivity index (χ3v) is 4.91. The van der Waals surface area contributed by atoms with Gasteiger partial charge in [0.25, 0.3) is 0 Å². The van der Waals surface area contributed by atoms with E-state index >= 15 is 0 Å². The molecule has 20 heavy (non-hydrogen) atoms. The molecule has 1 N–H and O–H groups in total. The van der Waals surface area contributed by atoms with Gasteiger partial charge in [0.1, 0.15) is 0 Å². The summed E-state index contributed by atoms with van der Waals surface area (Å²) in [7, 11) is 2.06. The molecule has 4 heteroatoms. The predicted molar refractivity (Wildman–Crippen MR) is 88.6 cm³/mol. The highest BCUT2D eigenvalue weighted by atomic mass is 32.1. The van der Waals surface area contributed by atoms with E-state index in [9.17, 15) is 0 Å². The number of nitrogens with zero attached hydrogens (tertiary/aromatic N) is 2. The smallest absolute Gasteiger partial charge is 0.0954 e. The Labute approximate surface area is 126 Å². The van der Waals surface area contributed by atoms with Crippen molar-refractivity contribution in [3.8, 4) is 0 Å². The van der Waals surface area contributed by atoms with Crippen LogP contribution in [0.5, 0.6) is 0 Å². The zero-order valence-corrected chi connectivity index (χ0v) is 13.5. The zero-order chi connectivity index (χ0) is 14.4. The largest absolute Gasteiger partial charge is 0.317 e. The van der Waals surface area contributed by atoms with E-state index in [4.69, 9.17) is 4.98 Å². The Kier molecular flexibility index (Phi) is 5.95. The van der Waals surface area contributed by atoms with Crippen molar-refractivity contribution in [3.05, 3.63) is 29.3 Å². The molecule has 0 radical (unpaired) electrons. The molecule has 1 unspecified atom stereocenters. The third-order valence-electron chi connectivity index (χ3n) is 3.86. The van der Waals surface area contributed by atoms with Crippen molar-refractivity contribution in [2.75, 3.05) is 26.7 Å². The molecule has 0 aliphatic carbocycles. The van der Waals surface area contributed by atoms with Crippen LogP contribution in [0.25, 0.3) is 10.2 Å². The fourth-order valence-corrected chi connectivity index (χ4v) is 3.49. The second-order valence-corrected chi connectivity index (χ2v) is 6.20. The minimum absolute atomic E-state index is 0.510. The van der Waals surface area contributed by atoms with Crippen molar-refractivity contribution in [1.29, 1.82) is 0 Å². The van der Waals surface area contributed by atoms with E-state index in [2.05, 4.69) is 55.4 Å². The van der Waals surface area contributed by atoms with Gasteiger partial charge < -0.3 is 10.2 Å². The topological polar surface area (TPSA) is 28.2 Å². The number of thiazole rings is 1. The summed E-state index contributed by atoms with van der Waals surface area (Å²) in [6.45, 7) is 7.88. The molecule has 0 bridgehead atoms. The highest BCUT2D eigenvalue weighted by molar-refractivity contribution is 7.18. The number of fused-ring (bicyclic) bond motifs is 1. The summed E-state index contributed by atoms with van der Waals surface area (Å²) in [5, 5.41) is 4.68. The maximum atomic E-state index is 4.73. The van der Waals surface area contributed by atoms with Crippen LogP contribution in [-0.4, -0.2) is 42.6 Å². The lowest BCUT2D eigenvalue weighted by atomic mass is 10.1. The number of hydrogen-bond acceptors (Lipinski definition) is 4. The third kappa shape index (κ3) is 4.01. The van der Waals surface area contributed by atoms with Crippen LogP contribution in [0.3, 0.4) is 0 Å². The van der Waals surface area contributed by atoms with Gasteiger partial charge in [0, 0.05) is 12.5 Å².